The number of aromatic nitrogens is 1. The van der Waals surface area contributed by atoms with Crippen molar-refractivity contribution in [1.82, 2.24) is 4.98 Å². The molecular weight excluding hydrogens is 332 g/mol. The van der Waals surface area contributed by atoms with Crippen LogP contribution < -0.4 is 9.47 Å². The fourth-order valence-electron chi connectivity index (χ4n) is 2.33. The Morgan fingerprint density at radius 1 is 1.10 bits per heavy atom. The summed E-state index contributed by atoms with van der Waals surface area (Å²) in [5, 5.41) is 1.13. The van der Waals surface area contributed by atoms with Crippen molar-refractivity contribution in [2.45, 2.75) is 0 Å². The van der Waals surface area contributed by atoms with Gasteiger partial charge in [0.1, 0.15) is 0 Å². The molecule has 4 rings (SSSR count). The van der Waals surface area contributed by atoms with Crippen LogP contribution in [0.25, 0.3) is 10.9 Å². The SMILES string of the molecule is Brc1ccc2[nH]cc(C=Nc3ccc4c(c3)OCO4)c2c1. The molecule has 2 heterocycles. The van der Waals surface area contributed by atoms with Crippen molar-refractivity contribution < 1.29 is 9.47 Å². The summed E-state index contributed by atoms with van der Waals surface area (Å²) in [6.45, 7) is 0.277. The van der Waals surface area contributed by atoms with Gasteiger partial charge < -0.3 is 14.5 Å². The third-order valence-corrected chi connectivity index (χ3v) is 3.88. The number of halogens is 1. The lowest BCUT2D eigenvalue weighted by Gasteiger charge is -1.97. The number of nitrogens with one attached hydrogen (secondary N) is 1. The molecule has 0 bridgehead atoms. The Morgan fingerprint density at radius 3 is 2.95 bits per heavy atom. The minimum absolute atomic E-state index is 0.277. The zero-order valence-corrected chi connectivity index (χ0v) is 12.6. The molecule has 1 aromatic heterocycles. The molecule has 0 unspecified atom stereocenters. The highest BCUT2D eigenvalue weighted by Crippen LogP contribution is 2.35. The van der Waals surface area contributed by atoms with Gasteiger partial charge in [-0.15, -0.1) is 0 Å². The maximum atomic E-state index is 5.35. The Morgan fingerprint density at radius 2 is 2.00 bits per heavy atom. The number of H-pyrrole nitrogens is 1. The Hall–Kier alpha value is -2.27. The van der Waals surface area contributed by atoms with Crippen LogP contribution in [-0.4, -0.2) is 18.0 Å². The summed E-state index contributed by atoms with van der Waals surface area (Å²) in [6, 6.07) is 11.8. The lowest BCUT2D eigenvalue weighted by molar-refractivity contribution is 0.174. The van der Waals surface area contributed by atoms with Crippen LogP contribution in [0.4, 0.5) is 5.69 Å². The van der Waals surface area contributed by atoms with Gasteiger partial charge in [0.15, 0.2) is 11.5 Å². The van der Waals surface area contributed by atoms with E-state index >= 15 is 0 Å². The highest BCUT2D eigenvalue weighted by Gasteiger charge is 2.12. The van der Waals surface area contributed by atoms with Gasteiger partial charge in [0, 0.05) is 39.4 Å². The van der Waals surface area contributed by atoms with Crippen molar-refractivity contribution in [3.8, 4) is 11.5 Å². The van der Waals surface area contributed by atoms with Crippen LogP contribution >= 0.6 is 15.9 Å². The van der Waals surface area contributed by atoms with Crippen LogP contribution in [0.15, 0.2) is 52.1 Å². The maximum Gasteiger partial charge on any atom is 0.231 e. The van der Waals surface area contributed by atoms with Gasteiger partial charge in [0.2, 0.25) is 6.79 Å². The summed E-state index contributed by atoms with van der Waals surface area (Å²) in [5.74, 6) is 1.51. The molecule has 5 heteroatoms. The summed E-state index contributed by atoms with van der Waals surface area (Å²) in [4.78, 5) is 7.75. The fraction of sp³-hybridized carbons (Fsp3) is 0.0625. The highest BCUT2D eigenvalue weighted by atomic mass is 79.9. The van der Waals surface area contributed by atoms with Gasteiger partial charge in [-0.3, -0.25) is 4.99 Å². The van der Waals surface area contributed by atoms with Crippen LogP contribution in [0.3, 0.4) is 0 Å². The van der Waals surface area contributed by atoms with Crippen LogP contribution in [0.1, 0.15) is 5.56 Å². The first-order valence-corrected chi connectivity index (χ1v) is 7.29. The number of ether oxygens (including phenoxy) is 2. The van der Waals surface area contributed by atoms with E-state index in [2.05, 4.69) is 32.0 Å². The summed E-state index contributed by atoms with van der Waals surface area (Å²) in [6.07, 6.45) is 3.80. The van der Waals surface area contributed by atoms with Gasteiger partial charge in [-0.25, -0.2) is 0 Å². The molecule has 0 amide bonds. The molecule has 0 spiro atoms. The van der Waals surface area contributed by atoms with Crippen LogP contribution in [0.2, 0.25) is 0 Å². The molecule has 0 fully saturated rings. The van der Waals surface area contributed by atoms with Gasteiger partial charge in [-0.2, -0.15) is 0 Å². The fourth-order valence-corrected chi connectivity index (χ4v) is 2.69. The lowest BCUT2D eigenvalue weighted by atomic mass is 10.2. The Balaban J connectivity index is 1.69. The quantitative estimate of drug-likeness (QED) is 0.701. The monoisotopic (exact) mass is 342 g/mol. The zero-order chi connectivity index (χ0) is 14.2. The number of aromatic amines is 1. The van der Waals surface area contributed by atoms with E-state index in [1.807, 2.05) is 42.7 Å². The van der Waals surface area contributed by atoms with Crippen LogP contribution in [-0.2, 0) is 0 Å². The lowest BCUT2D eigenvalue weighted by Crippen LogP contribution is -1.92. The van der Waals surface area contributed by atoms with Crippen LogP contribution in [0.5, 0.6) is 11.5 Å². The minimum Gasteiger partial charge on any atom is -0.454 e. The number of benzene rings is 2. The molecule has 1 aliphatic rings. The second-order valence-corrected chi connectivity index (χ2v) is 5.65. The van der Waals surface area contributed by atoms with Gasteiger partial charge in [0.25, 0.3) is 0 Å². The van der Waals surface area contributed by atoms with E-state index in [4.69, 9.17) is 9.47 Å². The topological polar surface area (TPSA) is 46.6 Å². The molecule has 0 radical (unpaired) electrons. The van der Waals surface area contributed by atoms with Crippen molar-refractivity contribution in [1.29, 1.82) is 0 Å². The van der Waals surface area contributed by atoms with E-state index in [0.29, 0.717) is 0 Å². The molecule has 4 nitrogen and oxygen atoms in total. The van der Waals surface area contributed by atoms with E-state index in [0.717, 1.165) is 38.1 Å². The Labute approximate surface area is 129 Å². The molecule has 1 aliphatic heterocycles. The molecule has 3 aromatic rings. The van der Waals surface area contributed by atoms with Gasteiger partial charge >= 0.3 is 0 Å². The van der Waals surface area contributed by atoms with E-state index in [-0.39, 0.29) is 6.79 Å². The number of nitrogens with zero attached hydrogens (tertiary/aromatic N) is 1. The predicted octanol–water partition coefficient (Wildman–Crippen LogP) is 4.41. The molecule has 0 saturated carbocycles. The van der Waals surface area contributed by atoms with E-state index in [9.17, 15) is 0 Å². The number of hydrogen-bond donors (Lipinski definition) is 1. The first-order valence-electron chi connectivity index (χ1n) is 6.50. The van der Waals surface area contributed by atoms with Crippen LogP contribution in [0, 0.1) is 0 Å². The zero-order valence-electron chi connectivity index (χ0n) is 11.0. The average Bonchev–Trinajstić information content (AvgIpc) is 3.10. The number of fused-ring (bicyclic) bond motifs is 2. The first kappa shape index (κ1) is 12.5. The van der Waals surface area contributed by atoms with Crippen molar-refractivity contribution in [3.63, 3.8) is 0 Å². The number of rotatable bonds is 2. The molecule has 21 heavy (non-hydrogen) atoms. The van der Waals surface area contributed by atoms with Gasteiger partial charge in [0.05, 0.1) is 5.69 Å². The van der Waals surface area contributed by atoms with E-state index in [1.54, 1.807) is 0 Å². The molecule has 104 valence electrons. The summed E-state index contributed by atoms with van der Waals surface area (Å²) in [7, 11) is 0. The highest BCUT2D eigenvalue weighted by molar-refractivity contribution is 9.10. The standard InChI is InChI=1S/C16H11BrN2O2/c17-11-1-3-14-13(5-11)10(8-19-14)7-18-12-2-4-15-16(6-12)21-9-20-15/h1-8,19H,9H2. The molecular formula is C16H11BrN2O2. The summed E-state index contributed by atoms with van der Waals surface area (Å²) >= 11 is 3.49. The van der Waals surface area contributed by atoms with Gasteiger partial charge in [-0.05, 0) is 30.3 Å². The predicted molar refractivity (Wildman–Crippen MR) is 85.8 cm³/mol. The molecule has 2 aromatic carbocycles. The van der Waals surface area contributed by atoms with Crippen molar-refractivity contribution in [2.75, 3.05) is 6.79 Å². The Kier molecular flexibility index (Phi) is 2.93. The second kappa shape index (κ2) is 4.93. The van der Waals surface area contributed by atoms with E-state index < -0.39 is 0 Å². The Bertz CT molecular complexity index is 855. The number of aliphatic imine (C=N–C) groups is 1. The van der Waals surface area contributed by atoms with Crippen molar-refractivity contribution in [3.05, 3.63) is 52.6 Å². The normalized spacial score (nSPS) is 13.4. The largest absolute Gasteiger partial charge is 0.454 e. The average molecular weight is 343 g/mol. The third kappa shape index (κ3) is 2.29. The second-order valence-electron chi connectivity index (χ2n) is 4.73. The van der Waals surface area contributed by atoms with Crippen molar-refractivity contribution >= 4 is 38.7 Å². The number of hydrogen-bond acceptors (Lipinski definition) is 3. The maximum absolute atomic E-state index is 5.35. The molecule has 0 saturated heterocycles. The third-order valence-electron chi connectivity index (χ3n) is 3.38. The minimum atomic E-state index is 0.277. The smallest absolute Gasteiger partial charge is 0.231 e. The van der Waals surface area contributed by atoms with Crippen molar-refractivity contribution in [2.24, 2.45) is 4.99 Å². The first-order chi connectivity index (χ1) is 10.3. The molecule has 1 N–H and O–H groups in total. The molecule has 0 aliphatic carbocycles. The summed E-state index contributed by atoms with van der Waals surface area (Å²) in [5.41, 5.74) is 2.97. The molecule has 0 atom stereocenters. The van der Waals surface area contributed by atoms with E-state index in [1.165, 1.54) is 0 Å². The van der Waals surface area contributed by atoms with Gasteiger partial charge in [-0.1, -0.05) is 15.9 Å². The summed E-state index contributed by atoms with van der Waals surface area (Å²) < 4.78 is 11.7.